The van der Waals surface area contributed by atoms with E-state index in [-0.39, 0.29) is 12.0 Å². The van der Waals surface area contributed by atoms with Crippen molar-refractivity contribution in [1.82, 2.24) is 20.1 Å². The highest BCUT2D eigenvalue weighted by Crippen LogP contribution is 2.37. The fraction of sp³-hybridized carbons (Fsp3) is 0.478. The van der Waals surface area contributed by atoms with Gasteiger partial charge in [0.25, 0.3) is 0 Å². The average Bonchev–Trinajstić information content (AvgIpc) is 3.48. The van der Waals surface area contributed by atoms with Crippen LogP contribution in [0.4, 0.5) is 17.5 Å². The fourth-order valence-corrected chi connectivity index (χ4v) is 4.60. The first kappa shape index (κ1) is 21.1. The summed E-state index contributed by atoms with van der Waals surface area (Å²) in [5.41, 5.74) is 2.25. The fourth-order valence-electron chi connectivity index (χ4n) is 4.20. The second-order valence-corrected chi connectivity index (χ2v) is 9.35. The van der Waals surface area contributed by atoms with E-state index in [1.807, 2.05) is 0 Å². The standard InChI is InChI=1S/C23H28N6O2S/c1-15(2)20-26-23(31-27-20)28-11-8-17(9-12-28)30-22-19-10-13-29(21(19)24-14-25-22)16-4-6-18(32-3)7-5-16/h4-7,14-15,17H,8-13H2,1-3H3. The van der Waals surface area contributed by atoms with Gasteiger partial charge in [-0.3, -0.25) is 0 Å². The molecule has 0 atom stereocenters. The second-order valence-electron chi connectivity index (χ2n) is 8.47. The first-order valence-electron chi connectivity index (χ1n) is 11.1. The highest BCUT2D eigenvalue weighted by molar-refractivity contribution is 7.98. The van der Waals surface area contributed by atoms with Gasteiger partial charge >= 0.3 is 6.01 Å². The molecule has 5 rings (SSSR count). The molecule has 8 nitrogen and oxygen atoms in total. The molecule has 0 radical (unpaired) electrons. The molecule has 1 fully saturated rings. The zero-order chi connectivity index (χ0) is 22.1. The number of hydrogen-bond acceptors (Lipinski definition) is 9. The SMILES string of the molecule is CSc1ccc(N2CCc3c(OC4CCN(c5nc(C(C)C)no5)CC4)ncnc32)cc1. The predicted molar refractivity (Wildman–Crippen MR) is 125 cm³/mol. The van der Waals surface area contributed by atoms with E-state index in [9.17, 15) is 0 Å². The topological polar surface area (TPSA) is 80.4 Å². The molecule has 2 aromatic heterocycles. The van der Waals surface area contributed by atoms with Gasteiger partial charge in [-0.2, -0.15) is 4.98 Å². The molecule has 0 spiro atoms. The number of piperidine rings is 1. The van der Waals surface area contributed by atoms with Crippen LogP contribution in [-0.4, -0.2) is 52.1 Å². The van der Waals surface area contributed by atoms with E-state index < -0.39 is 0 Å². The summed E-state index contributed by atoms with van der Waals surface area (Å²) in [7, 11) is 0. The van der Waals surface area contributed by atoms with Crippen LogP contribution >= 0.6 is 11.8 Å². The first-order valence-corrected chi connectivity index (χ1v) is 12.4. The highest BCUT2D eigenvalue weighted by Gasteiger charge is 2.29. The second kappa shape index (κ2) is 8.97. The van der Waals surface area contributed by atoms with E-state index in [0.717, 1.165) is 67.7 Å². The van der Waals surface area contributed by atoms with Gasteiger partial charge in [0.2, 0.25) is 5.88 Å². The van der Waals surface area contributed by atoms with E-state index in [2.05, 4.69) is 74.3 Å². The molecule has 0 saturated carbocycles. The van der Waals surface area contributed by atoms with Crippen LogP contribution in [-0.2, 0) is 6.42 Å². The maximum absolute atomic E-state index is 6.37. The molecule has 3 aromatic rings. The molecule has 0 N–H and O–H groups in total. The quantitative estimate of drug-likeness (QED) is 0.504. The number of aromatic nitrogens is 4. The summed E-state index contributed by atoms with van der Waals surface area (Å²) in [5.74, 6) is 2.69. The van der Waals surface area contributed by atoms with Crippen molar-refractivity contribution in [2.45, 2.75) is 50.0 Å². The lowest BCUT2D eigenvalue weighted by Crippen LogP contribution is -2.38. The maximum Gasteiger partial charge on any atom is 0.324 e. The number of anilines is 3. The third-order valence-electron chi connectivity index (χ3n) is 6.05. The summed E-state index contributed by atoms with van der Waals surface area (Å²) in [6.07, 6.45) is 6.48. The van der Waals surface area contributed by atoms with Crippen LogP contribution in [0.3, 0.4) is 0 Å². The smallest absolute Gasteiger partial charge is 0.324 e. The molecular formula is C23H28N6O2S. The van der Waals surface area contributed by atoms with Gasteiger partial charge in [0.05, 0.1) is 5.56 Å². The Morgan fingerprint density at radius 1 is 1.09 bits per heavy atom. The Morgan fingerprint density at radius 3 is 2.56 bits per heavy atom. The van der Waals surface area contributed by atoms with Crippen LogP contribution < -0.4 is 14.5 Å². The molecule has 2 aliphatic rings. The Kier molecular flexibility index (Phi) is 5.91. The Bertz CT molecular complexity index is 1060. The number of rotatable bonds is 6. The van der Waals surface area contributed by atoms with Crippen molar-refractivity contribution in [2.24, 2.45) is 0 Å². The third-order valence-corrected chi connectivity index (χ3v) is 6.79. The largest absolute Gasteiger partial charge is 0.474 e. The Balaban J connectivity index is 1.25. The number of thioether (sulfide) groups is 1. The molecule has 0 aliphatic carbocycles. The van der Waals surface area contributed by atoms with Gasteiger partial charge in [0, 0.05) is 49.0 Å². The van der Waals surface area contributed by atoms with Crippen molar-refractivity contribution in [2.75, 3.05) is 35.7 Å². The van der Waals surface area contributed by atoms with Crippen molar-refractivity contribution in [1.29, 1.82) is 0 Å². The number of ether oxygens (including phenoxy) is 1. The van der Waals surface area contributed by atoms with E-state index in [0.29, 0.717) is 6.01 Å². The number of nitrogens with zero attached hydrogens (tertiary/aromatic N) is 6. The van der Waals surface area contributed by atoms with Gasteiger partial charge < -0.3 is 19.1 Å². The summed E-state index contributed by atoms with van der Waals surface area (Å²) < 4.78 is 11.8. The van der Waals surface area contributed by atoms with Gasteiger partial charge in [0.15, 0.2) is 5.82 Å². The molecule has 9 heteroatoms. The van der Waals surface area contributed by atoms with E-state index in [1.54, 1.807) is 18.1 Å². The first-order chi connectivity index (χ1) is 15.6. The predicted octanol–water partition coefficient (Wildman–Crippen LogP) is 4.45. The molecule has 1 aromatic carbocycles. The number of hydrogen-bond donors (Lipinski definition) is 0. The maximum atomic E-state index is 6.37. The summed E-state index contributed by atoms with van der Waals surface area (Å²) >= 11 is 1.75. The Hall–Kier alpha value is -2.81. The molecule has 0 unspecified atom stereocenters. The lowest BCUT2D eigenvalue weighted by atomic mass is 10.1. The van der Waals surface area contributed by atoms with Crippen LogP contribution in [0.15, 0.2) is 40.0 Å². The minimum absolute atomic E-state index is 0.118. The number of benzene rings is 1. The zero-order valence-corrected chi connectivity index (χ0v) is 19.5. The zero-order valence-electron chi connectivity index (χ0n) is 18.7. The molecule has 32 heavy (non-hydrogen) atoms. The Morgan fingerprint density at radius 2 is 1.88 bits per heavy atom. The average molecular weight is 453 g/mol. The van der Waals surface area contributed by atoms with Gasteiger partial charge in [-0.1, -0.05) is 19.0 Å². The van der Waals surface area contributed by atoms with Crippen LogP contribution in [0.2, 0.25) is 0 Å². The van der Waals surface area contributed by atoms with Gasteiger partial charge in [-0.15, -0.1) is 11.8 Å². The molecule has 0 bridgehead atoms. The summed E-state index contributed by atoms with van der Waals surface area (Å²) in [5, 5.41) is 4.08. The normalized spacial score (nSPS) is 16.6. The van der Waals surface area contributed by atoms with E-state index in [4.69, 9.17) is 9.26 Å². The van der Waals surface area contributed by atoms with Crippen molar-refractivity contribution in [3.05, 3.63) is 42.0 Å². The van der Waals surface area contributed by atoms with Gasteiger partial charge in [-0.05, 0) is 36.9 Å². The van der Waals surface area contributed by atoms with Crippen LogP contribution in [0.25, 0.3) is 0 Å². The van der Waals surface area contributed by atoms with Crippen LogP contribution in [0.5, 0.6) is 5.88 Å². The van der Waals surface area contributed by atoms with Crippen molar-refractivity contribution in [3.8, 4) is 5.88 Å². The van der Waals surface area contributed by atoms with E-state index >= 15 is 0 Å². The summed E-state index contributed by atoms with van der Waals surface area (Å²) in [4.78, 5) is 19.2. The molecule has 4 heterocycles. The molecule has 0 amide bonds. The van der Waals surface area contributed by atoms with Crippen molar-refractivity contribution in [3.63, 3.8) is 0 Å². The molecule has 1 saturated heterocycles. The molecule has 2 aliphatic heterocycles. The van der Waals surface area contributed by atoms with E-state index in [1.165, 1.54) is 4.90 Å². The van der Waals surface area contributed by atoms with Crippen LogP contribution in [0.1, 0.15) is 44.0 Å². The minimum Gasteiger partial charge on any atom is -0.474 e. The van der Waals surface area contributed by atoms with Gasteiger partial charge in [0.1, 0.15) is 18.2 Å². The summed E-state index contributed by atoms with van der Waals surface area (Å²) in [6.45, 7) is 6.67. The van der Waals surface area contributed by atoms with Crippen LogP contribution in [0, 0.1) is 0 Å². The Labute approximate surface area is 192 Å². The molecular weight excluding hydrogens is 424 g/mol. The highest BCUT2D eigenvalue weighted by atomic mass is 32.2. The lowest BCUT2D eigenvalue weighted by molar-refractivity contribution is 0.160. The minimum atomic E-state index is 0.118. The molecule has 168 valence electrons. The lowest BCUT2D eigenvalue weighted by Gasteiger charge is -2.30. The third kappa shape index (κ3) is 4.13. The summed E-state index contributed by atoms with van der Waals surface area (Å²) in [6, 6.07) is 9.22. The van der Waals surface area contributed by atoms with Crippen molar-refractivity contribution < 1.29 is 9.26 Å². The number of fused-ring (bicyclic) bond motifs is 1. The monoisotopic (exact) mass is 452 g/mol. The van der Waals surface area contributed by atoms with Gasteiger partial charge in [-0.25, -0.2) is 9.97 Å². The van der Waals surface area contributed by atoms with Crippen molar-refractivity contribution >= 4 is 29.3 Å².